The Morgan fingerprint density at radius 2 is 1.69 bits per heavy atom. The van der Waals surface area contributed by atoms with E-state index < -0.39 is 33.7 Å². The highest BCUT2D eigenvalue weighted by molar-refractivity contribution is 7.85. The van der Waals surface area contributed by atoms with Crippen LogP contribution in [0.5, 0.6) is 0 Å². The molecule has 1 amide bonds. The first-order valence-electron chi connectivity index (χ1n) is 13.2. The zero-order valence-electron chi connectivity index (χ0n) is 22.6. The SMILES string of the molecule is CS(=O)(=O)O.O=C(NCC1CCC(C(=O)O)CC1)c1cc(C(F)(F)F)cc2ccn(Cc3ccc4ccccc4n3)c12. The van der Waals surface area contributed by atoms with Crippen LogP contribution in [-0.2, 0) is 27.6 Å². The largest absolute Gasteiger partial charge is 0.481 e. The van der Waals surface area contributed by atoms with E-state index in [1.165, 1.54) is 0 Å². The number of amides is 1. The zero-order chi connectivity index (χ0) is 30.7. The Labute approximate surface area is 240 Å². The summed E-state index contributed by atoms with van der Waals surface area (Å²) in [6.45, 7) is 0.578. The molecule has 0 aliphatic heterocycles. The maximum Gasteiger partial charge on any atom is 0.416 e. The fourth-order valence-corrected chi connectivity index (χ4v) is 5.13. The Kier molecular flexibility index (Phi) is 9.21. The van der Waals surface area contributed by atoms with Crippen LogP contribution in [0.3, 0.4) is 0 Å². The molecule has 2 aromatic heterocycles. The summed E-state index contributed by atoms with van der Waals surface area (Å²) in [4.78, 5) is 29.1. The van der Waals surface area contributed by atoms with E-state index in [9.17, 15) is 36.3 Å². The Morgan fingerprint density at radius 1 is 1.02 bits per heavy atom. The van der Waals surface area contributed by atoms with Gasteiger partial charge in [0.15, 0.2) is 0 Å². The van der Waals surface area contributed by atoms with Gasteiger partial charge in [0.2, 0.25) is 0 Å². The number of halogens is 3. The van der Waals surface area contributed by atoms with Gasteiger partial charge in [-0.05, 0) is 61.9 Å². The number of benzene rings is 2. The molecule has 2 aromatic carbocycles. The lowest BCUT2D eigenvalue weighted by Crippen LogP contribution is -2.32. The second-order valence-electron chi connectivity index (χ2n) is 10.4. The van der Waals surface area contributed by atoms with Crippen LogP contribution >= 0.6 is 0 Å². The molecule has 1 fully saturated rings. The van der Waals surface area contributed by atoms with Crippen LogP contribution < -0.4 is 5.32 Å². The van der Waals surface area contributed by atoms with Crippen LogP contribution in [-0.4, -0.2) is 52.3 Å². The Bertz CT molecular complexity index is 1700. The minimum atomic E-state index is -4.60. The average Bonchev–Trinajstić information content (AvgIpc) is 3.32. The van der Waals surface area contributed by atoms with Gasteiger partial charge in [0, 0.05) is 23.5 Å². The topological polar surface area (TPSA) is 139 Å². The number of pyridine rings is 1. The number of carboxylic acids is 1. The molecule has 0 saturated heterocycles. The van der Waals surface area contributed by atoms with Gasteiger partial charge >= 0.3 is 12.1 Å². The lowest BCUT2D eigenvalue weighted by molar-refractivity contribution is -0.143. The van der Waals surface area contributed by atoms with Gasteiger partial charge in [0.1, 0.15) is 0 Å². The van der Waals surface area contributed by atoms with E-state index in [-0.39, 0.29) is 23.9 Å². The number of fused-ring (bicyclic) bond motifs is 2. The summed E-state index contributed by atoms with van der Waals surface area (Å²) in [7, 11) is -3.67. The number of nitrogens with zero attached hydrogens (tertiary/aromatic N) is 2. The third kappa shape index (κ3) is 8.07. The van der Waals surface area contributed by atoms with Crippen LogP contribution in [0.2, 0.25) is 0 Å². The summed E-state index contributed by atoms with van der Waals surface area (Å²) < 4.78 is 68.5. The summed E-state index contributed by atoms with van der Waals surface area (Å²) >= 11 is 0. The quantitative estimate of drug-likeness (QED) is 0.251. The molecule has 0 atom stereocenters. The van der Waals surface area contributed by atoms with E-state index in [4.69, 9.17) is 4.55 Å². The number of hydrogen-bond acceptors (Lipinski definition) is 5. The summed E-state index contributed by atoms with van der Waals surface area (Å²) in [5.41, 5.74) is 1.02. The molecular weight excluding hydrogens is 575 g/mol. The van der Waals surface area contributed by atoms with Crippen molar-refractivity contribution in [3.63, 3.8) is 0 Å². The number of carboxylic acid groups (broad SMARTS) is 1. The van der Waals surface area contributed by atoms with Crippen LogP contribution in [0, 0.1) is 11.8 Å². The number of nitrogens with one attached hydrogen (secondary N) is 1. The number of aromatic nitrogens is 2. The van der Waals surface area contributed by atoms with Crippen molar-refractivity contribution in [2.24, 2.45) is 11.8 Å². The van der Waals surface area contributed by atoms with Crippen molar-refractivity contribution in [2.45, 2.75) is 38.4 Å². The number of para-hydroxylation sites is 1. The molecule has 0 unspecified atom stereocenters. The summed E-state index contributed by atoms with van der Waals surface area (Å²) in [5.74, 6) is -1.67. The fourth-order valence-electron chi connectivity index (χ4n) is 5.13. The highest BCUT2D eigenvalue weighted by Gasteiger charge is 2.33. The molecule has 224 valence electrons. The minimum absolute atomic E-state index is 0.0464. The third-order valence-electron chi connectivity index (χ3n) is 7.17. The molecule has 42 heavy (non-hydrogen) atoms. The number of carbonyl (C=O) groups excluding carboxylic acids is 1. The van der Waals surface area contributed by atoms with E-state index in [2.05, 4.69) is 10.3 Å². The van der Waals surface area contributed by atoms with Crippen molar-refractivity contribution in [2.75, 3.05) is 12.8 Å². The van der Waals surface area contributed by atoms with Gasteiger partial charge in [-0.15, -0.1) is 0 Å². The van der Waals surface area contributed by atoms with Crippen molar-refractivity contribution < 1.29 is 40.8 Å². The molecular formula is C29H30F3N3O6S. The highest BCUT2D eigenvalue weighted by atomic mass is 32.2. The van der Waals surface area contributed by atoms with Gasteiger partial charge in [-0.2, -0.15) is 21.6 Å². The molecule has 0 bridgehead atoms. The van der Waals surface area contributed by atoms with Crippen LogP contribution in [0.1, 0.15) is 47.3 Å². The molecule has 9 nitrogen and oxygen atoms in total. The van der Waals surface area contributed by atoms with Gasteiger partial charge in [-0.1, -0.05) is 24.3 Å². The van der Waals surface area contributed by atoms with E-state index in [1.54, 1.807) is 16.8 Å². The predicted molar refractivity (Wildman–Crippen MR) is 151 cm³/mol. The maximum absolute atomic E-state index is 13.6. The molecule has 4 aromatic rings. The molecule has 1 aliphatic rings. The molecule has 1 aliphatic carbocycles. The van der Waals surface area contributed by atoms with Crippen LogP contribution in [0.15, 0.2) is 60.8 Å². The van der Waals surface area contributed by atoms with Crippen LogP contribution in [0.4, 0.5) is 13.2 Å². The normalized spacial score (nSPS) is 17.5. The molecule has 3 N–H and O–H groups in total. The minimum Gasteiger partial charge on any atom is -0.481 e. The number of aliphatic carboxylic acids is 1. The number of alkyl halides is 3. The van der Waals surface area contributed by atoms with Gasteiger partial charge in [-0.3, -0.25) is 19.1 Å². The molecule has 0 spiro atoms. The summed E-state index contributed by atoms with van der Waals surface area (Å²) in [6.07, 6.45) is 0.161. The second kappa shape index (κ2) is 12.5. The van der Waals surface area contributed by atoms with E-state index in [1.807, 2.05) is 36.4 Å². The molecule has 2 heterocycles. The molecule has 5 rings (SSSR count). The number of carbonyl (C=O) groups is 2. The van der Waals surface area contributed by atoms with Crippen molar-refractivity contribution in [1.29, 1.82) is 0 Å². The predicted octanol–water partition coefficient (Wildman–Crippen LogP) is 5.38. The third-order valence-corrected chi connectivity index (χ3v) is 7.17. The van der Waals surface area contributed by atoms with E-state index in [0.29, 0.717) is 49.4 Å². The first kappa shape index (κ1) is 31.0. The van der Waals surface area contributed by atoms with Crippen molar-refractivity contribution >= 4 is 43.8 Å². The van der Waals surface area contributed by atoms with Gasteiger partial charge in [0.05, 0.1) is 46.6 Å². The van der Waals surface area contributed by atoms with Gasteiger partial charge in [0.25, 0.3) is 16.0 Å². The Hall–Kier alpha value is -3.97. The first-order chi connectivity index (χ1) is 19.7. The molecule has 1 saturated carbocycles. The monoisotopic (exact) mass is 605 g/mol. The van der Waals surface area contributed by atoms with E-state index in [0.717, 1.165) is 28.7 Å². The van der Waals surface area contributed by atoms with Crippen molar-refractivity contribution in [3.8, 4) is 0 Å². The second-order valence-corrected chi connectivity index (χ2v) is 11.9. The smallest absolute Gasteiger partial charge is 0.416 e. The first-order valence-corrected chi connectivity index (χ1v) is 15.0. The van der Waals surface area contributed by atoms with E-state index >= 15 is 0 Å². The summed E-state index contributed by atoms with van der Waals surface area (Å²) in [5, 5.41) is 13.3. The highest BCUT2D eigenvalue weighted by Crippen LogP contribution is 2.34. The Morgan fingerprint density at radius 3 is 2.33 bits per heavy atom. The average molecular weight is 606 g/mol. The summed E-state index contributed by atoms with van der Waals surface area (Å²) in [6, 6.07) is 15.0. The van der Waals surface area contributed by atoms with Crippen molar-refractivity contribution in [1.82, 2.24) is 14.9 Å². The lowest BCUT2D eigenvalue weighted by atomic mass is 9.82. The zero-order valence-corrected chi connectivity index (χ0v) is 23.5. The van der Waals surface area contributed by atoms with Crippen LogP contribution in [0.25, 0.3) is 21.8 Å². The fraction of sp³-hybridized carbons (Fsp3) is 0.345. The van der Waals surface area contributed by atoms with Gasteiger partial charge < -0.3 is 15.0 Å². The van der Waals surface area contributed by atoms with Gasteiger partial charge in [-0.25, -0.2) is 0 Å². The Balaban J connectivity index is 0.000000748. The standard InChI is InChI=1S/C28H26F3N3O3.CH4O3S/c29-28(30,31)21-13-20-11-12-34(16-22-10-9-18-3-1-2-4-24(18)33-22)25(20)23(14-21)26(35)32-15-17-5-7-19(8-6-17)27(36)37;1-5(2,3)4/h1-4,9-14,17,19H,5-8,15-16H2,(H,32,35)(H,36,37);1H3,(H,2,3,4). The number of rotatable bonds is 6. The lowest BCUT2D eigenvalue weighted by Gasteiger charge is -2.26. The molecule has 0 radical (unpaired) electrons. The maximum atomic E-state index is 13.6. The molecule has 13 heteroatoms. The van der Waals surface area contributed by atoms with Crippen molar-refractivity contribution in [3.05, 3.63) is 77.6 Å². The number of hydrogen-bond donors (Lipinski definition) is 3.